The van der Waals surface area contributed by atoms with Crippen LogP contribution in [0.4, 0.5) is 0 Å². The number of rotatable bonds is 13. The minimum atomic E-state index is -0.457. The van der Waals surface area contributed by atoms with E-state index in [2.05, 4.69) is 88.0 Å². The molecule has 0 spiro atoms. The number of hydrogen-bond acceptors (Lipinski definition) is 10. The van der Waals surface area contributed by atoms with Crippen LogP contribution in [0, 0.1) is 17.8 Å². The van der Waals surface area contributed by atoms with Crippen molar-refractivity contribution in [1.29, 1.82) is 0 Å². The minimum absolute atomic E-state index is 0.0560. The number of nitrogens with zero attached hydrogens (tertiary/aromatic N) is 6. The van der Waals surface area contributed by atoms with E-state index >= 15 is 0 Å². The molecule has 3 amide bonds. The normalized spacial score (nSPS) is 18.7. The highest BCUT2D eigenvalue weighted by molar-refractivity contribution is 9.11. The molecule has 95 heavy (non-hydrogen) atoms. The zero-order valence-electron chi connectivity index (χ0n) is 53.5. The lowest BCUT2D eigenvalue weighted by molar-refractivity contribution is -0.149. The van der Waals surface area contributed by atoms with E-state index in [1.807, 2.05) is 58.7 Å². The SMILES string of the molecule is CC(=O)CCC(=O)N1CCC(C2c3ncc(Br)cc3CCc3cc(Cl)cc(Cl)c32)CC1.CC(=O)CCCC(=O)N1CCC(C2c3ncc(Br)cc3CCc3cc(Cl)cc(Cl)c32)CC1.CCOC(=O)CC(=O)N1CCC([C@H]2c3ncc(Br)cc3CCc3cc(Cl)cc(Br)c32)CC1. The van der Waals surface area contributed by atoms with Crippen molar-refractivity contribution in [2.75, 3.05) is 45.9 Å². The maximum Gasteiger partial charge on any atom is 0.315 e. The van der Waals surface area contributed by atoms with Crippen LogP contribution in [0.3, 0.4) is 0 Å². The number of fused-ring (bicyclic) bond motifs is 6. The van der Waals surface area contributed by atoms with E-state index < -0.39 is 5.97 Å². The van der Waals surface area contributed by atoms with Crippen LogP contribution in [0.15, 0.2) is 91.1 Å². The lowest BCUT2D eigenvalue weighted by Gasteiger charge is -2.37. The quantitative estimate of drug-likeness (QED) is 0.0804. The molecule has 3 aliphatic heterocycles. The van der Waals surface area contributed by atoms with Crippen molar-refractivity contribution in [1.82, 2.24) is 29.7 Å². The molecule has 12 rings (SSSR count). The van der Waals surface area contributed by atoms with Gasteiger partial charge in [0.15, 0.2) is 0 Å². The van der Waals surface area contributed by atoms with Gasteiger partial charge in [0.2, 0.25) is 17.7 Å². The molecular weight excluding hydrogens is 1570 g/mol. The number of benzene rings is 3. The summed E-state index contributed by atoms with van der Waals surface area (Å²) in [4.78, 5) is 92.0. The maximum absolute atomic E-state index is 12.6. The first-order valence-electron chi connectivity index (χ1n) is 32.9. The molecule has 0 saturated carbocycles. The summed E-state index contributed by atoms with van der Waals surface area (Å²) >= 11 is 47.1. The van der Waals surface area contributed by atoms with Gasteiger partial charge in [-0.3, -0.25) is 34.1 Å². The second-order valence-electron chi connectivity index (χ2n) is 25.8. The van der Waals surface area contributed by atoms with E-state index in [-0.39, 0.29) is 60.1 Å². The zero-order valence-corrected chi connectivity index (χ0v) is 63.6. The van der Waals surface area contributed by atoms with Crippen molar-refractivity contribution < 1.29 is 33.5 Å². The van der Waals surface area contributed by atoms with Crippen molar-refractivity contribution in [3.63, 3.8) is 0 Å². The highest BCUT2D eigenvalue weighted by Gasteiger charge is 2.40. The maximum atomic E-state index is 12.6. The largest absolute Gasteiger partial charge is 0.466 e. The molecule has 2 unspecified atom stereocenters. The number of Topliss-reactive ketones (excluding diaryl/α,β-unsaturated/α-hetero) is 2. The van der Waals surface area contributed by atoms with Gasteiger partial charge >= 0.3 is 5.97 Å². The summed E-state index contributed by atoms with van der Waals surface area (Å²) in [5.41, 5.74) is 14.2. The molecule has 0 radical (unpaired) electrons. The fourth-order valence-corrected chi connectivity index (χ4v) is 18.6. The highest BCUT2D eigenvalue weighted by atomic mass is 79.9. The molecule has 6 heterocycles. The Kier molecular flexibility index (Phi) is 26.0. The smallest absolute Gasteiger partial charge is 0.315 e. The molecule has 3 atom stereocenters. The summed E-state index contributed by atoms with van der Waals surface area (Å²) in [5.74, 6) is 1.13. The number of aryl methyl sites for hydroxylation is 6. The monoisotopic (exact) mass is 1640 g/mol. The van der Waals surface area contributed by atoms with E-state index in [1.165, 1.54) is 45.9 Å². The van der Waals surface area contributed by atoms with Gasteiger partial charge in [-0.1, -0.05) is 73.9 Å². The summed E-state index contributed by atoms with van der Waals surface area (Å²) < 4.78 is 8.89. The highest BCUT2D eigenvalue weighted by Crippen LogP contribution is 2.50. The number of piperidine rings is 3. The number of amides is 3. The number of ether oxygens (including phenoxy) is 1. The fraction of sp³-hybridized carbons (Fsp3) is 0.466. The Bertz CT molecular complexity index is 3870. The summed E-state index contributed by atoms with van der Waals surface area (Å²) in [6.45, 7) is 9.25. The molecule has 3 aromatic carbocycles. The van der Waals surface area contributed by atoms with E-state index in [4.69, 9.17) is 77.7 Å². The van der Waals surface area contributed by atoms with Gasteiger partial charge in [0.05, 0.1) is 23.7 Å². The van der Waals surface area contributed by atoms with Crippen LogP contribution in [-0.2, 0) is 72.0 Å². The number of likely N-dealkylation sites (tertiary alicyclic amines) is 3. The summed E-state index contributed by atoms with van der Waals surface area (Å²) in [7, 11) is 0. The molecule has 504 valence electrons. The first kappa shape index (κ1) is 73.4. The van der Waals surface area contributed by atoms with Gasteiger partial charge in [0.1, 0.15) is 18.0 Å². The Hall–Kier alpha value is -4.30. The Labute approximate surface area is 615 Å². The first-order valence-corrected chi connectivity index (χ1v) is 37.9. The van der Waals surface area contributed by atoms with E-state index in [1.54, 1.807) is 18.7 Å². The Morgan fingerprint density at radius 2 is 0.789 bits per heavy atom. The average molecular weight is 1650 g/mol. The van der Waals surface area contributed by atoms with Crippen LogP contribution in [0.5, 0.6) is 0 Å². The third-order valence-corrected chi connectivity index (χ3v) is 22.8. The van der Waals surface area contributed by atoms with E-state index in [0.717, 1.165) is 141 Å². The number of hydrogen-bond donors (Lipinski definition) is 0. The summed E-state index contributed by atoms with van der Waals surface area (Å²) in [6.07, 6.45) is 18.2. The molecule has 3 saturated heterocycles. The standard InChI is InChI=1S/C25H27BrCl2N2O2.C24H25Br2ClN2O3.C24H25BrCl2N2O2/c1-15(31)3-2-4-22(32)30-9-7-16(8-10-30)24-23-17(12-20(27)13-21(23)28)5-6-18-11-19(26)14-29-25(18)24;1-2-32-21(31)12-20(30)29-7-5-14(6-8-29)23-22-15(10-18(27)11-19(22)26)3-4-16-9-17(25)13-28-24(16)23;1-14(30)2-5-21(31)29-8-6-15(7-9-29)23-22-16(11-19(26)12-20(22)27)3-4-17-10-18(25)13-28-24(17)23/h11-14,16,24H,2-10H2,1H3;9-11,13-14,23H,2-8,12H2,1H3;10-13,15,23H,2-9H2,1H3/t;23-;/m.1./s1. The molecule has 6 aromatic rings. The Morgan fingerprint density at radius 3 is 1.18 bits per heavy atom. The molecule has 6 aliphatic rings. The van der Waals surface area contributed by atoms with Crippen molar-refractivity contribution in [3.05, 3.63) is 183 Å². The van der Waals surface area contributed by atoms with Gasteiger partial charge in [-0.05, 0) is 274 Å². The van der Waals surface area contributed by atoms with Crippen molar-refractivity contribution in [2.24, 2.45) is 17.8 Å². The van der Waals surface area contributed by atoms with Crippen LogP contribution in [0.1, 0.15) is 183 Å². The van der Waals surface area contributed by atoms with Gasteiger partial charge in [-0.15, -0.1) is 0 Å². The van der Waals surface area contributed by atoms with Gasteiger partial charge in [-0.25, -0.2) is 0 Å². The first-order chi connectivity index (χ1) is 45.5. The third kappa shape index (κ3) is 18.4. The van der Waals surface area contributed by atoms with E-state index in [0.29, 0.717) is 96.1 Å². The van der Waals surface area contributed by atoms with Crippen LogP contribution in [-0.4, -0.2) is 111 Å². The van der Waals surface area contributed by atoms with Crippen molar-refractivity contribution >= 4 is 157 Å². The third-order valence-electron chi connectivity index (χ3n) is 19.6. The number of pyridine rings is 3. The van der Waals surface area contributed by atoms with Gasteiger partial charge in [-0.2, -0.15) is 0 Å². The molecular formula is C73H77Br4Cl5N6O7. The molecule has 3 aliphatic carbocycles. The second-order valence-corrected chi connectivity index (χ2v) is 31.5. The minimum Gasteiger partial charge on any atom is -0.466 e. The van der Waals surface area contributed by atoms with Crippen LogP contribution in [0.25, 0.3) is 0 Å². The lowest BCUT2D eigenvalue weighted by Crippen LogP contribution is -2.41. The average Bonchev–Trinajstić information content (AvgIpc) is 1.73. The lowest BCUT2D eigenvalue weighted by atomic mass is 9.76. The van der Waals surface area contributed by atoms with Gasteiger partial charge < -0.3 is 29.0 Å². The molecule has 3 fully saturated rings. The van der Waals surface area contributed by atoms with Crippen molar-refractivity contribution in [3.8, 4) is 0 Å². The number of halogens is 9. The molecule has 13 nitrogen and oxygen atoms in total. The Morgan fingerprint density at radius 1 is 0.442 bits per heavy atom. The number of esters is 1. The predicted octanol–water partition coefficient (Wildman–Crippen LogP) is 18.1. The number of carbonyl (C=O) groups is 6. The molecule has 0 bridgehead atoms. The summed E-state index contributed by atoms with van der Waals surface area (Å²) in [5, 5.41) is 3.46. The Balaban J connectivity index is 0.000000155. The van der Waals surface area contributed by atoms with E-state index in [9.17, 15) is 28.8 Å². The number of aromatic nitrogens is 3. The topological polar surface area (TPSA) is 160 Å². The zero-order chi connectivity index (χ0) is 67.8. The molecule has 3 aromatic heterocycles. The number of ketones is 2. The number of carbonyl (C=O) groups excluding carboxylic acids is 6. The van der Waals surface area contributed by atoms with Crippen LogP contribution < -0.4 is 0 Å². The van der Waals surface area contributed by atoms with Gasteiger partial charge in [0.25, 0.3) is 0 Å². The van der Waals surface area contributed by atoms with Gasteiger partial charge in [0, 0.05) is 144 Å². The molecule has 22 heteroatoms. The van der Waals surface area contributed by atoms with Crippen LogP contribution >= 0.6 is 122 Å². The second kappa shape index (κ2) is 33.7. The molecule has 0 N–H and O–H groups in total. The van der Waals surface area contributed by atoms with Crippen molar-refractivity contribution in [2.45, 2.75) is 154 Å². The predicted molar refractivity (Wildman–Crippen MR) is 389 cm³/mol. The van der Waals surface area contributed by atoms with Crippen LogP contribution in [0.2, 0.25) is 25.1 Å². The fourth-order valence-electron chi connectivity index (χ4n) is 15.1. The summed E-state index contributed by atoms with van der Waals surface area (Å²) in [6, 6.07) is 18.3.